The monoisotopic (exact) mass is 220 g/mol. The van der Waals surface area contributed by atoms with Gasteiger partial charge < -0.3 is 4.74 Å². The van der Waals surface area contributed by atoms with E-state index in [1.165, 1.54) is 11.3 Å². The first-order valence-corrected chi connectivity index (χ1v) is 5.06. The number of methoxy groups -OCH3 is 1. The molecule has 2 heterocycles. The average molecular weight is 220 g/mol. The highest BCUT2D eigenvalue weighted by Crippen LogP contribution is 2.24. The van der Waals surface area contributed by atoms with Gasteiger partial charge >= 0.3 is 0 Å². The fourth-order valence-electron chi connectivity index (χ4n) is 1.10. The van der Waals surface area contributed by atoms with Gasteiger partial charge in [0.2, 0.25) is 5.88 Å². The van der Waals surface area contributed by atoms with E-state index in [1.807, 2.05) is 6.07 Å². The Balaban J connectivity index is 2.32. The maximum atomic E-state index is 10.5. The topological polar surface area (TPSA) is 52.1 Å². The van der Waals surface area contributed by atoms with Crippen LogP contribution < -0.4 is 4.74 Å². The SMILES string of the molecule is COc1ccc(-c2ncc(C=O)s2)cn1. The Labute approximate surface area is 90.6 Å². The summed E-state index contributed by atoms with van der Waals surface area (Å²) in [5.74, 6) is 0.561. The Morgan fingerprint density at radius 3 is 2.73 bits per heavy atom. The van der Waals surface area contributed by atoms with Crippen molar-refractivity contribution in [2.24, 2.45) is 0 Å². The highest BCUT2D eigenvalue weighted by molar-refractivity contribution is 7.16. The molecule has 0 amide bonds. The molecule has 15 heavy (non-hydrogen) atoms. The molecule has 76 valence electrons. The van der Waals surface area contributed by atoms with Crippen LogP contribution in [0.2, 0.25) is 0 Å². The van der Waals surface area contributed by atoms with E-state index in [0.717, 1.165) is 16.9 Å². The summed E-state index contributed by atoms with van der Waals surface area (Å²) in [5, 5.41) is 0.784. The molecule has 0 bridgehead atoms. The fourth-order valence-corrected chi connectivity index (χ4v) is 1.82. The highest BCUT2D eigenvalue weighted by atomic mass is 32.1. The molecule has 2 rings (SSSR count). The maximum absolute atomic E-state index is 10.5. The summed E-state index contributed by atoms with van der Waals surface area (Å²) in [6.07, 6.45) is 4.02. The Kier molecular flexibility index (Phi) is 2.73. The van der Waals surface area contributed by atoms with E-state index in [4.69, 9.17) is 4.74 Å². The Bertz CT molecular complexity index is 465. The molecule has 0 aromatic carbocycles. The summed E-state index contributed by atoms with van der Waals surface area (Å²) in [4.78, 5) is 19.3. The summed E-state index contributed by atoms with van der Waals surface area (Å²) in [6, 6.07) is 3.62. The molecule has 0 atom stereocenters. The van der Waals surface area contributed by atoms with Gasteiger partial charge in [-0.2, -0.15) is 0 Å². The van der Waals surface area contributed by atoms with Crippen molar-refractivity contribution in [3.63, 3.8) is 0 Å². The van der Waals surface area contributed by atoms with Crippen LogP contribution in [0.5, 0.6) is 5.88 Å². The molecule has 0 N–H and O–H groups in total. The average Bonchev–Trinajstić information content (AvgIpc) is 2.78. The molecule has 0 saturated carbocycles. The molecule has 0 radical (unpaired) electrons. The molecule has 4 nitrogen and oxygen atoms in total. The number of rotatable bonds is 3. The fraction of sp³-hybridized carbons (Fsp3) is 0.100. The second-order valence-corrected chi connectivity index (χ2v) is 3.84. The van der Waals surface area contributed by atoms with E-state index in [-0.39, 0.29) is 0 Å². The van der Waals surface area contributed by atoms with Crippen molar-refractivity contribution in [3.05, 3.63) is 29.4 Å². The number of carbonyl (C=O) groups is 1. The van der Waals surface area contributed by atoms with Gasteiger partial charge in [-0.25, -0.2) is 9.97 Å². The van der Waals surface area contributed by atoms with Crippen molar-refractivity contribution >= 4 is 17.6 Å². The molecule has 0 fully saturated rings. The number of nitrogens with zero attached hydrogens (tertiary/aromatic N) is 2. The van der Waals surface area contributed by atoms with Gasteiger partial charge in [0, 0.05) is 24.0 Å². The van der Waals surface area contributed by atoms with E-state index >= 15 is 0 Å². The molecule has 0 aliphatic rings. The lowest BCUT2D eigenvalue weighted by Crippen LogP contribution is -1.86. The standard InChI is InChI=1S/C10H8N2O2S/c1-14-9-3-2-7(4-11-9)10-12-5-8(6-13)15-10/h2-6H,1H3. The zero-order chi connectivity index (χ0) is 10.7. The molecule has 0 unspecified atom stereocenters. The molecule has 2 aromatic heterocycles. The van der Waals surface area contributed by atoms with E-state index < -0.39 is 0 Å². The normalized spacial score (nSPS) is 9.93. The minimum Gasteiger partial charge on any atom is -0.481 e. The number of hydrogen-bond donors (Lipinski definition) is 0. The molecule has 0 saturated heterocycles. The number of aldehydes is 1. The van der Waals surface area contributed by atoms with E-state index in [9.17, 15) is 4.79 Å². The van der Waals surface area contributed by atoms with Crippen molar-refractivity contribution < 1.29 is 9.53 Å². The first-order chi connectivity index (χ1) is 7.33. The second-order valence-electron chi connectivity index (χ2n) is 2.77. The molecule has 0 aliphatic heterocycles. The number of aromatic nitrogens is 2. The summed E-state index contributed by atoms with van der Waals surface area (Å²) in [5.41, 5.74) is 0.883. The van der Waals surface area contributed by atoms with Crippen LogP contribution in [0.25, 0.3) is 10.6 Å². The quantitative estimate of drug-likeness (QED) is 0.742. The van der Waals surface area contributed by atoms with Gasteiger partial charge in [0.15, 0.2) is 6.29 Å². The summed E-state index contributed by atoms with van der Waals surface area (Å²) in [7, 11) is 1.57. The molecular weight excluding hydrogens is 212 g/mol. The Morgan fingerprint density at radius 2 is 2.20 bits per heavy atom. The lowest BCUT2D eigenvalue weighted by molar-refractivity contribution is 0.112. The molecule has 5 heteroatoms. The molecule has 0 aliphatic carbocycles. The lowest BCUT2D eigenvalue weighted by atomic mass is 10.3. The van der Waals surface area contributed by atoms with Crippen molar-refractivity contribution in [1.29, 1.82) is 0 Å². The minimum absolute atomic E-state index is 0.561. The largest absolute Gasteiger partial charge is 0.481 e. The lowest BCUT2D eigenvalue weighted by Gasteiger charge is -1.98. The van der Waals surface area contributed by atoms with Crippen LogP contribution in [-0.4, -0.2) is 23.4 Å². The van der Waals surface area contributed by atoms with Crippen molar-refractivity contribution in [3.8, 4) is 16.5 Å². The van der Waals surface area contributed by atoms with Crippen molar-refractivity contribution in [2.45, 2.75) is 0 Å². The molecular formula is C10H8N2O2S. The maximum Gasteiger partial charge on any atom is 0.212 e. The zero-order valence-electron chi connectivity index (χ0n) is 8.01. The van der Waals surface area contributed by atoms with Gasteiger partial charge in [-0.15, -0.1) is 11.3 Å². The zero-order valence-corrected chi connectivity index (χ0v) is 8.82. The van der Waals surface area contributed by atoms with E-state index in [0.29, 0.717) is 10.8 Å². The van der Waals surface area contributed by atoms with Crippen molar-refractivity contribution in [1.82, 2.24) is 9.97 Å². The minimum atomic E-state index is 0.561. The Hall–Kier alpha value is -1.75. The highest BCUT2D eigenvalue weighted by Gasteiger charge is 2.04. The van der Waals surface area contributed by atoms with E-state index in [2.05, 4.69) is 9.97 Å². The van der Waals surface area contributed by atoms with Gasteiger partial charge in [-0.05, 0) is 6.07 Å². The van der Waals surface area contributed by atoms with Crippen LogP contribution in [0.1, 0.15) is 9.67 Å². The smallest absolute Gasteiger partial charge is 0.212 e. The van der Waals surface area contributed by atoms with Gasteiger partial charge in [-0.1, -0.05) is 0 Å². The van der Waals surface area contributed by atoms with Crippen LogP contribution >= 0.6 is 11.3 Å². The van der Waals surface area contributed by atoms with Gasteiger partial charge in [0.1, 0.15) is 5.01 Å². The van der Waals surface area contributed by atoms with Crippen LogP contribution in [0.15, 0.2) is 24.5 Å². The van der Waals surface area contributed by atoms with Crippen LogP contribution in [0.3, 0.4) is 0 Å². The predicted octanol–water partition coefficient (Wildman–Crippen LogP) is 2.03. The van der Waals surface area contributed by atoms with Gasteiger partial charge in [0.05, 0.1) is 12.0 Å². The predicted molar refractivity (Wildman–Crippen MR) is 57.3 cm³/mol. The third-order valence-corrected chi connectivity index (χ3v) is 2.80. The number of ether oxygens (including phenoxy) is 1. The Morgan fingerprint density at radius 1 is 1.33 bits per heavy atom. The molecule has 0 spiro atoms. The third kappa shape index (κ3) is 2.02. The summed E-state index contributed by atoms with van der Waals surface area (Å²) >= 11 is 1.34. The van der Waals surface area contributed by atoms with Gasteiger partial charge in [0.25, 0.3) is 0 Å². The van der Waals surface area contributed by atoms with Crippen LogP contribution in [-0.2, 0) is 0 Å². The van der Waals surface area contributed by atoms with Crippen molar-refractivity contribution in [2.75, 3.05) is 7.11 Å². The summed E-state index contributed by atoms with van der Waals surface area (Å²) < 4.78 is 4.95. The number of thiazole rings is 1. The first kappa shape index (κ1) is 9.79. The number of carbonyl (C=O) groups excluding carboxylic acids is 1. The molecule has 2 aromatic rings. The van der Waals surface area contributed by atoms with Crippen LogP contribution in [0.4, 0.5) is 0 Å². The van der Waals surface area contributed by atoms with Crippen LogP contribution in [0, 0.1) is 0 Å². The third-order valence-electron chi connectivity index (χ3n) is 1.83. The van der Waals surface area contributed by atoms with Gasteiger partial charge in [-0.3, -0.25) is 4.79 Å². The number of hydrogen-bond acceptors (Lipinski definition) is 5. The second kappa shape index (κ2) is 4.18. The summed E-state index contributed by atoms with van der Waals surface area (Å²) in [6.45, 7) is 0. The number of pyridine rings is 1. The van der Waals surface area contributed by atoms with E-state index in [1.54, 1.807) is 25.6 Å². The first-order valence-electron chi connectivity index (χ1n) is 4.25.